The van der Waals surface area contributed by atoms with Gasteiger partial charge in [0, 0.05) is 11.3 Å². The van der Waals surface area contributed by atoms with Gasteiger partial charge in [0.25, 0.3) is 0 Å². The summed E-state index contributed by atoms with van der Waals surface area (Å²) < 4.78 is 10.5. The molecule has 0 aliphatic heterocycles. The first-order valence-corrected chi connectivity index (χ1v) is 11.7. The van der Waals surface area contributed by atoms with Gasteiger partial charge < -0.3 is 20.1 Å². The van der Waals surface area contributed by atoms with E-state index >= 15 is 0 Å². The first-order chi connectivity index (χ1) is 16.0. The van der Waals surface area contributed by atoms with E-state index in [1.807, 2.05) is 53.9 Å². The summed E-state index contributed by atoms with van der Waals surface area (Å²) in [5, 5.41) is 8.33. The van der Waals surface area contributed by atoms with Crippen molar-refractivity contribution in [1.29, 1.82) is 0 Å². The smallest absolute Gasteiger partial charge is 0.229 e. The van der Waals surface area contributed by atoms with Gasteiger partial charge in [-0.2, -0.15) is 0 Å². The first kappa shape index (κ1) is 22.8. The molecule has 172 valence electrons. The van der Waals surface area contributed by atoms with Crippen LogP contribution in [0.1, 0.15) is 35.7 Å². The molecule has 1 aliphatic carbocycles. The van der Waals surface area contributed by atoms with Crippen LogP contribution in [0.5, 0.6) is 11.5 Å². The number of hydrogen-bond acceptors (Lipinski definition) is 6. The van der Waals surface area contributed by atoms with Gasteiger partial charge in [0.2, 0.25) is 11.8 Å². The molecule has 2 amide bonds. The van der Waals surface area contributed by atoms with Gasteiger partial charge in [-0.05, 0) is 54.7 Å². The number of anilines is 1. The van der Waals surface area contributed by atoms with Crippen LogP contribution in [0.25, 0.3) is 0 Å². The van der Waals surface area contributed by atoms with Crippen molar-refractivity contribution in [1.82, 2.24) is 10.3 Å². The molecule has 2 aromatic carbocycles. The highest BCUT2D eigenvalue weighted by Gasteiger charge is 2.30. The molecule has 0 bridgehead atoms. The molecular weight excluding hydrogens is 438 g/mol. The van der Waals surface area contributed by atoms with Crippen LogP contribution >= 0.6 is 11.3 Å². The Bertz CT molecular complexity index is 1090. The van der Waals surface area contributed by atoms with Crippen molar-refractivity contribution in [2.75, 3.05) is 19.5 Å². The van der Waals surface area contributed by atoms with Crippen molar-refractivity contribution in [2.45, 2.75) is 31.7 Å². The van der Waals surface area contributed by atoms with Gasteiger partial charge in [-0.25, -0.2) is 4.98 Å². The van der Waals surface area contributed by atoms with E-state index in [4.69, 9.17) is 9.47 Å². The molecule has 1 fully saturated rings. The van der Waals surface area contributed by atoms with Crippen LogP contribution in [0.4, 0.5) is 5.13 Å². The summed E-state index contributed by atoms with van der Waals surface area (Å²) >= 11 is 1.34. The second-order valence-electron chi connectivity index (χ2n) is 8.03. The summed E-state index contributed by atoms with van der Waals surface area (Å²) in [7, 11) is 3.26. The molecule has 7 nitrogen and oxygen atoms in total. The summed E-state index contributed by atoms with van der Waals surface area (Å²) in [6, 6.07) is 15.3. The number of nitrogens with zero attached hydrogens (tertiary/aromatic N) is 1. The number of amides is 2. The largest absolute Gasteiger partial charge is 0.497 e. The zero-order valence-corrected chi connectivity index (χ0v) is 19.5. The number of benzene rings is 2. The van der Waals surface area contributed by atoms with Gasteiger partial charge in [0.05, 0.1) is 32.4 Å². The number of hydrogen-bond donors (Lipinski definition) is 2. The Morgan fingerprint density at radius 3 is 2.27 bits per heavy atom. The molecular formula is C25H27N3O4S. The minimum absolute atomic E-state index is 0.0133. The number of ether oxygens (including phenoxy) is 2. The van der Waals surface area contributed by atoms with Crippen molar-refractivity contribution >= 4 is 28.3 Å². The number of rotatable bonds is 10. The van der Waals surface area contributed by atoms with Gasteiger partial charge in [-0.15, -0.1) is 11.3 Å². The molecule has 1 unspecified atom stereocenters. The molecule has 1 aliphatic rings. The van der Waals surface area contributed by atoms with Crippen molar-refractivity contribution in [3.8, 4) is 11.5 Å². The van der Waals surface area contributed by atoms with E-state index in [-0.39, 0.29) is 30.2 Å². The van der Waals surface area contributed by atoms with Crippen LogP contribution in [0.2, 0.25) is 0 Å². The highest BCUT2D eigenvalue weighted by atomic mass is 32.1. The average Bonchev–Trinajstić information content (AvgIpc) is 3.60. The Balaban J connectivity index is 1.43. The van der Waals surface area contributed by atoms with Crippen LogP contribution < -0.4 is 20.1 Å². The summed E-state index contributed by atoms with van der Waals surface area (Å²) in [5.74, 6) is 1.55. The molecule has 1 atom stereocenters. The zero-order chi connectivity index (χ0) is 23.2. The van der Waals surface area contributed by atoms with E-state index in [9.17, 15) is 9.59 Å². The third-order valence-electron chi connectivity index (χ3n) is 5.52. The number of aromatic nitrogens is 1. The van der Waals surface area contributed by atoms with E-state index in [0.717, 1.165) is 35.5 Å². The normalized spacial score (nSPS) is 13.8. The molecule has 1 heterocycles. The van der Waals surface area contributed by atoms with E-state index < -0.39 is 0 Å². The SMILES string of the molecule is COc1ccc(CC(NC(=O)Cc2csc(NC(=O)C3CC3)n2)c2ccc(OC)cc2)cc1. The quantitative estimate of drug-likeness (QED) is 0.470. The number of thiazole rings is 1. The van der Waals surface area contributed by atoms with E-state index in [0.29, 0.717) is 17.2 Å². The lowest BCUT2D eigenvalue weighted by Crippen LogP contribution is -2.31. The Labute approximate surface area is 197 Å². The number of carbonyl (C=O) groups is 2. The van der Waals surface area contributed by atoms with E-state index in [1.165, 1.54) is 11.3 Å². The first-order valence-electron chi connectivity index (χ1n) is 10.9. The lowest BCUT2D eigenvalue weighted by molar-refractivity contribution is -0.121. The third-order valence-corrected chi connectivity index (χ3v) is 6.33. The maximum absolute atomic E-state index is 12.9. The summed E-state index contributed by atoms with van der Waals surface area (Å²) in [5.41, 5.74) is 2.70. The lowest BCUT2D eigenvalue weighted by Gasteiger charge is -2.20. The van der Waals surface area contributed by atoms with Crippen molar-refractivity contribution in [3.05, 3.63) is 70.7 Å². The third kappa shape index (κ3) is 6.32. The molecule has 33 heavy (non-hydrogen) atoms. The minimum Gasteiger partial charge on any atom is -0.497 e. The fourth-order valence-corrected chi connectivity index (χ4v) is 4.21. The van der Waals surface area contributed by atoms with Crippen molar-refractivity contribution in [3.63, 3.8) is 0 Å². The molecule has 2 N–H and O–H groups in total. The number of nitrogens with one attached hydrogen (secondary N) is 2. The number of carbonyl (C=O) groups excluding carboxylic acids is 2. The molecule has 8 heteroatoms. The average molecular weight is 466 g/mol. The standard InChI is InChI=1S/C25H27N3O4S/c1-31-20-9-3-16(4-10-20)13-22(17-7-11-21(32-2)12-8-17)27-23(29)14-19-15-33-25(26-19)28-24(30)18-5-6-18/h3-4,7-12,15,18,22H,5-6,13-14H2,1-2H3,(H,27,29)(H,26,28,30). The molecule has 0 radical (unpaired) electrons. The predicted molar refractivity (Wildman–Crippen MR) is 128 cm³/mol. The highest BCUT2D eigenvalue weighted by Crippen LogP contribution is 2.30. The molecule has 3 aromatic rings. The predicted octanol–water partition coefficient (Wildman–Crippen LogP) is 4.15. The van der Waals surface area contributed by atoms with Crippen molar-refractivity contribution < 1.29 is 19.1 Å². The molecule has 1 saturated carbocycles. The Morgan fingerprint density at radius 1 is 1.03 bits per heavy atom. The van der Waals surface area contributed by atoms with E-state index in [2.05, 4.69) is 15.6 Å². The molecule has 0 saturated heterocycles. The zero-order valence-electron chi connectivity index (χ0n) is 18.7. The molecule has 4 rings (SSSR count). The van der Waals surface area contributed by atoms with E-state index in [1.54, 1.807) is 14.2 Å². The van der Waals surface area contributed by atoms with Crippen LogP contribution in [0.15, 0.2) is 53.9 Å². The van der Waals surface area contributed by atoms with Crippen LogP contribution in [0.3, 0.4) is 0 Å². The second kappa shape index (κ2) is 10.5. The summed E-state index contributed by atoms with van der Waals surface area (Å²) in [6.07, 6.45) is 2.65. The van der Waals surface area contributed by atoms with Gasteiger partial charge in [0.1, 0.15) is 11.5 Å². The molecule has 1 aromatic heterocycles. The molecule has 0 spiro atoms. The monoisotopic (exact) mass is 465 g/mol. The van der Waals surface area contributed by atoms with Gasteiger partial charge in [0.15, 0.2) is 5.13 Å². The van der Waals surface area contributed by atoms with Gasteiger partial charge >= 0.3 is 0 Å². The maximum Gasteiger partial charge on any atom is 0.229 e. The Morgan fingerprint density at radius 2 is 1.67 bits per heavy atom. The summed E-state index contributed by atoms with van der Waals surface area (Å²) in [4.78, 5) is 29.2. The van der Waals surface area contributed by atoms with Crippen LogP contribution in [0, 0.1) is 5.92 Å². The fourth-order valence-electron chi connectivity index (χ4n) is 3.49. The van der Waals surface area contributed by atoms with Crippen molar-refractivity contribution in [2.24, 2.45) is 5.92 Å². The second-order valence-corrected chi connectivity index (χ2v) is 8.89. The number of methoxy groups -OCH3 is 2. The lowest BCUT2D eigenvalue weighted by atomic mass is 9.98. The summed E-state index contributed by atoms with van der Waals surface area (Å²) in [6.45, 7) is 0. The maximum atomic E-state index is 12.9. The van der Waals surface area contributed by atoms with Crippen LogP contribution in [-0.4, -0.2) is 31.0 Å². The van der Waals surface area contributed by atoms with Crippen LogP contribution in [-0.2, 0) is 22.4 Å². The Hall–Kier alpha value is -3.39. The van der Waals surface area contributed by atoms with Gasteiger partial charge in [-0.3, -0.25) is 9.59 Å². The fraction of sp³-hybridized carbons (Fsp3) is 0.320. The minimum atomic E-state index is -0.218. The highest BCUT2D eigenvalue weighted by molar-refractivity contribution is 7.13. The van der Waals surface area contributed by atoms with Gasteiger partial charge in [-0.1, -0.05) is 24.3 Å². The Kier molecular flexibility index (Phi) is 7.24. The topological polar surface area (TPSA) is 89.6 Å².